The number of hydrogen-bond acceptors (Lipinski definition) is 2. The van der Waals surface area contributed by atoms with E-state index in [1.54, 1.807) is 17.8 Å². The minimum atomic E-state index is 0.680. The highest BCUT2D eigenvalue weighted by atomic mass is 32.2. The van der Waals surface area contributed by atoms with Crippen molar-refractivity contribution in [3.8, 4) is 0 Å². The molecule has 0 N–H and O–H groups in total. The van der Waals surface area contributed by atoms with Crippen molar-refractivity contribution < 1.29 is 4.74 Å². The van der Waals surface area contributed by atoms with Crippen molar-refractivity contribution in [1.82, 2.24) is 0 Å². The van der Waals surface area contributed by atoms with E-state index in [9.17, 15) is 0 Å². The Balaban J connectivity index is 2.40. The lowest BCUT2D eigenvalue weighted by molar-refractivity contribution is 0.260. The van der Waals surface area contributed by atoms with Crippen LogP contribution in [0, 0.1) is 0 Å². The molecule has 2 heteroatoms. The summed E-state index contributed by atoms with van der Waals surface area (Å²) >= 11 is 1.73. The van der Waals surface area contributed by atoms with Gasteiger partial charge in [-0.25, -0.2) is 0 Å². The van der Waals surface area contributed by atoms with Crippen LogP contribution in [0.1, 0.15) is 13.8 Å². The second-order valence-corrected chi connectivity index (χ2v) is 4.00. The lowest BCUT2D eigenvalue weighted by Crippen LogP contribution is -1.89. The predicted octanol–water partition coefficient (Wildman–Crippen LogP) is 3.63. The molecular weight excluding hydrogens is 180 g/mol. The lowest BCUT2D eigenvalue weighted by Gasteiger charge is -2.02. The molecule has 0 saturated heterocycles. The van der Waals surface area contributed by atoms with Crippen LogP contribution >= 0.6 is 11.8 Å². The fraction of sp³-hybridized carbons (Fsp3) is 0.273. The summed E-state index contributed by atoms with van der Waals surface area (Å²) in [6, 6.07) is 0. The highest BCUT2D eigenvalue weighted by molar-refractivity contribution is 8.12. The molecular formula is C11H14OS. The van der Waals surface area contributed by atoms with Gasteiger partial charge in [0.05, 0.1) is 0 Å². The average molecular weight is 194 g/mol. The van der Waals surface area contributed by atoms with Gasteiger partial charge in [-0.1, -0.05) is 30.0 Å². The van der Waals surface area contributed by atoms with E-state index in [0.717, 1.165) is 5.76 Å². The molecule has 13 heavy (non-hydrogen) atoms. The van der Waals surface area contributed by atoms with Crippen LogP contribution in [0.3, 0.4) is 0 Å². The van der Waals surface area contributed by atoms with Gasteiger partial charge < -0.3 is 4.74 Å². The van der Waals surface area contributed by atoms with Gasteiger partial charge in [0.25, 0.3) is 0 Å². The van der Waals surface area contributed by atoms with E-state index in [0.29, 0.717) is 6.61 Å². The normalized spacial score (nSPS) is 14.6. The van der Waals surface area contributed by atoms with Gasteiger partial charge in [0.2, 0.25) is 0 Å². The van der Waals surface area contributed by atoms with Gasteiger partial charge in [0.1, 0.15) is 12.4 Å². The maximum atomic E-state index is 5.47. The lowest BCUT2D eigenvalue weighted by atomic mass is 10.3. The molecule has 0 aliphatic carbocycles. The summed E-state index contributed by atoms with van der Waals surface area (Å²) in [5, 5.41) is 2.08. The van der Waals surface area contributed by atoms with Crippen molar-refractivity contribution in [3.05, 3.63) is 46.5 Å². The SMILES string of the molecule is C=C/C(=C\C=C(C)C)OCC1=CS1. The van der Waals surface area contributed by atoms with Crippen molar-refractivity contribution in [3.63, 3.8) is 0 Å². The zero-order valence-corrected chi connectivity index (χ0v) is 8.86. The Kier molecular flexibility index (Phi) is 3.90. The van der Waals surface area contributed by atoms with E-state index in [2.05, 4.69) is 25.8 Å². The minimum Gasteiger partial charge on any atom is -0.488 e. The molecule has 0 bridgehead atoms. The molecule has 1 aliphatic heterocycles. The minimum absolute atomic E-state index is 0.680. The number of thioether (sulfide) groups is 1. The second kappa shape index (κ2) is 4.97. The van der Waals surface area contributed by atoms with Gasteiger partial charge in [0, 0.05) is 4.91 Å². The first-order valence-electron chi connectivity index (χ1n) is 4.18. The molecule has 0 aromatic carbocycles. The molecule has 0 fully saturated rings. The molecule has 0 radical (unpaired) electrons. The van der Waals surface area contributed by atoms with Gasteiger partial charge in [-0.05, 0) is 31.4 Å². The van der Waals surface area contributed by atoms with Crippen LogP contribution in [0.5, 0.6) is 0 Å². The summed E-state index contributed by atoms with van der Waals surface area (Å²) in [6.45, 7) is 8.47. The molecule has 1 rings (SSSR count). The molecule has 0 saturated carbocycles. The van der Waals surface area contributed by atoms with Crippen LogP contribution in [0.25, 0.3) is 0 Å². The van der Waals surface area contributed by atoms with Gasteiger partial charge >= 0.3 is 0 Å². The molecule has 0 aromatic rings. The van der Waals surface area contributed by atoms with Crippen molar-refractivity contribution in [2.24, 2.45) is 0 Å². The molecule has 0 atom stereocenters. The summed E-state index contributed by atoms with van der Waals surface area (Å²) < 4.78 is 5.47. The van der Waals surface area contributed by atoms with Gasteiger partial charge in [0.15, 0.2) is 0 Å². The Bertz CT molecular complexity index is 280. The third-order valence-corrected chi connectivity index (χ3v) is 2.13. The molecule has 0 aromatic heterocycles. The van der Waals surface area contributed by atoms with E-state index in [1.807, 2.05) is 12.2 Å². The Morgan fingerprint density at radius 1 is 1.54 bits per heavy atom. The Hall–Kier alpha value is -0.890. The Labute approximate surface area is 83.9 Å². The number of allylic oxidation sites excluding steroid dienone is 4. The van der Waals surface area contributed by atoms with Gasteiger partial charge in [-0.3, -0.25) is 0 Å². The van der Waals surface area contributed by atoms with Crippen molar-refractivity contribution in [1.29, 1.82) is 0 Å². The summed E-state index contributed by atoms with van der Waals surface area (Å²) in [5.74, 6) is 0.828. The van der Waals surface area contributed by atoms with Crippen LogP contribution in [0.15, 0.2) is 46.5 Å². The molecule has 0 spiro atoms. The third-order valence-electron chi connectivity index (χ3n) is 1.45. The van der Waals surface area contributed by atoms with Crippen LogP contribution in [-0.4, -0.2) is 6.61 Å². The second-order valence-electron chi connectivity index (χ2n) is 3.01. The quantitative estimate of drug-likeness (QED) is 0.488. The van der Waals surface area contributed by atoms with E-state index < -0.39 is 0 Å². The number of hydrogen-bond donors (Lipinski definition) is 0. The van der Waals surface area contributed by atoms with Crippen molar-refractivity contribution in [2.75, 3.05) is 6.61 Å². The van der Waals surface area contributed by atoms with Gasteiger partial charge in [-0.2, -0.15) is 0 Å². The Morgan fingerprint density at radius 3 is 2.69 bits per heavy atom. The van der Waals surface area contributed by atoms with E-state index in [-0.39, 0.29) is 0 Å². The maximum Gasteiger partial charge on any atom is 0.120 e. The zero-order chi connectivity index (χ0) is 9.68. The first-order valence-corrected chi connectivity index (χ1v) is 5.06. The largest absolute Gasteiger partial charge is 0.488 e. The maximum absolute atomic E-state index is 5.47. The monoisotopic (exact) mass is 194 g/mol. The first kappa shape index (κ1) is 10.2. The third kappa shape index (κ3) is 4.63. The fourth-order valence-corrected chi connectivity index (χ4v) is 0.966. The van der Waals surface area contributed by atoms with E-state index >= 15 is 0 Å². The van der Waals surface area contributed by atoms with Crippen LogP contribution in [0.4, 0.5) is 0 Å². The van der Waals surface area contributed by atoms with Crippen molar-refractivity contribution >= 4 is 11.8 Å². The fourth-order valence-electron chi connectivity index (χ4n) is 0.688. The van der Waals surface area contributed by atoms with E-state index in [4.69, 9.17) is 4.74 Å². The standard InChI is InChI=1S/C11H14OS/c1-4-10(6-5-9(2)3)12-7-11-8-13-11/h4-6,8H,1,7H2,2-3H3/b10-6+. The molecule has 1 nitrogen and oxygen atoms in total. The van der Waals surface area contributed by atoms with Crippen LogP contribution in [0.2, 0.25) is 0 Å². The average Bonchev–Trinajstić information content (AvgIpc) is 2.88. The van der Waals surface area contributed by atoms with Gasteiger partial charge in [-0.15, -0.1) is 0 Å². The Morgan fingerprint density at radius 2 is 2.23 bits per heavy atom. The predicted molar refractivity (Wildman–Crippen MR) is 59.3 cm³/mol. The highest BCUT2D eigenvalue weighted by Gasteiger charge is 2.08. The number of ether oxygens (including phenoxy) is 1. The first-order chi connectivity index (χ1) is 6.22. The summed E-state index contributed by atoms with van der Waals surface area (Å²) in [5.41, 5.74) is 1.25. The highest BCUT2D eigenvalue weighted by Crippen LogP contribution is 2.34. The smallest absolute Gasteiger partial charge is 0.120 e. The van der Waals surface area contributed by atoms with Crippen LogP contribution in [-0.2, 0) is 4.74 Å². The number of rotatable bonds is 5. The van der Waals surface area contributed by atoms with E-state index in [1.165, 1.54) is 10.5 Å². The molecule has 1 heterocycles. The molecule has 1 aliphatic rings. The zero-order valence-electron chi connectivity index (χ0n) is 8.04. The molecule has 0 unspecified atom stereocenters. The molecule has 70 valence electrons. The summed E-state index contributed by atoms with van der Waals surface area (Å²) in [6.07, 6.45) is 5.69. The topological polar surface area (TPSA) is 9.23 Å². The molecule has 0 amide bonds. The summed E-state index contributed by atoms with van der Waals surface area (Å²) in [7, 11) is 0. The van der Waals surface area contributed by atoms with Crippen LogP contribution < -0.4 is 0 Å². The van der Waals surface area contributed by atoms with Crippen molar-refractivity contribution in [2.45, 2.75) is 13.8 Å². The summed E-state index contributed by atoms with van der Waals surface area (Å²) in [4.78, 5) is 1.30.